The first-order valence-electron chi connectivity index (χ1n) is 5.08. The molecular weight excluding hydrogens is 166 g/mol. The minimum atomic E-state index is -0.397. The number of hydrogen-bond donors (Lipinski definition) is 2. The zero-order valence-corrected chi connectivity index (χ0v) is 9.03. The van der Waals surface area contributed by atoms with Gasteiger partial charge in [0.15, 0.2) is 0 Å². The first-order chi connectivity index (χ1) is 6.13. The zero-order chi connectivity index (χ0) is 10.3. The van der Waals surface area contributed by atoms with Gasteiger partial charge in [-0.2, -0.15) is 0 Å². The van der Waals surface area contributed by atoms with Crippen LogP contribution in [-0.4, -0.2) is 48.0 Å². The van der Waals surface area contributed by atoms with E-state index >= 15 is 0 Å². The second-order valence-corrected chi connectivity index (χ2v) is 3.78. The van der Waals surface area contributed by atoms with Crippen molar-refractivity contribution in [2.24, 2.45) is 0 Å². The van der Waals surface area contributed by atoms with Gasteiger partial charge >= 0.3 is 0 Å². The van der Waals surface area contributed by atoms with Crippen LogP contribution in [0.1, 0.15) is 32.6 Å². The number of likely N-dealkylation sites (N-methyl/N-ethyl adjacent to an activating group) is 1. The van der Waals surface area contributed by atoms with Gasteiger partial charge in [-0.15, -0.1) is 0 Å². The monoisotopic (exact) mass is 189 g/mol. The second-order valence-electron chi connectivity index (χ2n) is 3.78. The van der Waals surface area contributed by atoms with Gasteiger partial charge in [0.05, 0.1) is 18.8 Å². The molecule has 2 unspecified atom stereocenters. The van der Waals surface area contributed by atoms with Crippen LogP contribution in [0.25, 0.3) is 0 Å². The fraction of sp³-hybridized carbons (Fsp3) is 1.00. The highest BCUT2D eigenvalue weighted by Crippen LogP contribution is 2.09. The van der Waals surface area contributed by atoms with Crippen molar-refractivity contribution in [3.8, 4) is 0 Å². The van der Waals surface area contributed by atoms with Gasteiger partial charge in [-0.25, -0.2) is 0 Å². The van der Waals surface area contributed by atoms with Gasteiger partial charge in [0.25, 0.3) is 0 Å². The standard InChI is InChI=1S/C10H23NO2/c1-4-5-6-7-10(13)9(8-12)11(2)3/h9-10,12-13H,4-8H2,1-3H3. The fourth-order valence-electron chi connectivity index (χ4n) is 1.42. The maximum Gasteiger partial charge on any atom is 0.0717 e. The Labute approximate surface area is 81.4 Å². The Bertz CT molecular complexity index is 117. The lowest BCUT2D eigenvalue weighted by atomic mass is 10.0. The van der Waals surface area contributed by atoms with E-state index in [0.29, 0.717) is 0 Å². The highest BCUT2D eigenvalue weighted by Gasteiger charge is 2.19. The van der Waals surface area contributed by atoms with Crippen LogP contribution in [0.4, 0.5) is 0 Å². The van der Waals surface area contributed by atoms with E-state index in [-0.39, 0.29) is 12.6 Å². The van der Waals surface area contributed by atoms with Crippen molar-refractivity contribution in [1.82, 2.24) is 4.90 Å². The maximum absolute atomic E-state index is 9.70. The van der Waals surface area contributed by atoms with Gasteiger partial charge in [0.2, 0.25) is 0 Å². The molecule has 2 N–H and O–H groups in total. The molecule has 0 fully saturated rings. The lowest BCUT2D eigenvalue weighted by Gasteiger charge is -2.27. The first kappa shape index (κ1) is 12.9. The van der Waals surface area contributed by atoms with Crippen LogP contribution in [0.15, 0.2) is 0 Å². The molecule has 0 rings (SSSR count). The van der Waals surface area contributed by atoms with Crippen molar-refractivity contribution in [3.63, 3.8) is 0 Å². The summed E-state index contributed by atoms with van der Waals surface area (Å²) in [7, 11) is 3.76. The van der Waals surface area contributed by atoms with Gasteiger partial charge < -0.3 is 15.1 Å². The number of aliphatic hydroxyl groups excluding tert-OH is 2. The van der Waals surface area contributed by atoms with Crippen molar-refractivity contribution in [1.29, 1.82) is 0 Å². The molecule has 0 saturated heterocycles. The van der Waals surface area contributed by atoms with E-state index in [2.05, 4.69) is 6.92 Å². The van der Waals surface area contributed by atoms with Crippen molar-refractivity contribution < 1.29 is 10.2 Å². The molecule has 0 aromatic heterocycles. The summed E-state index contributed by atoms with van der Waals surface area (Å²) in [5, 5.41) is 18.7. The molecule has 0 aromatic rings. The quantitative estimate of drug-likeness (QED) is 0.584. The molecule has 0 aromatic carbocycles. The van der Waals surface area contributed by atoms with Gasteiger partial charge in [0, 0.05) is 0 Å². The van der Waals surface area contributed by atoms with Gasteiger partial charge in [-0.3, -0.25) is 0 Å². The molecule has 0 aliphatic carbocycles. The van der Waals surface area contributed by atoms with Crippen molar-refractivity contribution in [3.05, 3.63) is 0 Å². The Morgan fingerprint density at radius 2 is 1.85 bits per heavy atom. The smallest absolute Gasteiger partial charge is 0.0717 e. The number of hydrogen-bond acceptors (Lipinski definition) is 3. The fourth-order valence-corrected chi connectivity index (χ4v) is 1.42. The van der Waals surface area contributed by atoms with Crippen molar-refractivity contribution in [2.45, 2.75) is 44.8 Å². The minimum absolute atomic E-state index is 0.0281. The number of nitrogens with zero attached hydrogens (tertiary/aromatic N) is 1. The van der Waals surface area contributed by atoms with Crippen molar-refractivity contribution in [2.75, 3.05) is 20.7 Å². The zero-order valence-electron chi connectivity index (χ0n) is 9.03. The van der Waals surface area contributed by atoms with Crippen LogP contribution < -0.4 is 0 Å². The van der Waals surface area contributed by atoms with Gasteiger partial charge in [0.1, 0.15) is 0 Å². The summed E-state index contributed by atoms with van der Waals surface area (Å²) in [5.74, 6) is 0. The average molecular weight is 189 g/mol. The van der Waals surface area contributed by atoms with Crippen LogP contribution in [0, 0.1) is 0 Å². The Morgan fingerprint density at radius 3 is 2.23 bits per heavy atom. The molecule has 80 valence electrons. The average Bonchev–Trinajstić information content (AvgIpc) is 2.05. The molecule has 0 aliphatic rings. The summed E-state index contributed by atoms with van der Waals surface area (Å²) in [6, 6.07) is -0.114. The minimum Gasteiger partial charge on any atom is -0.395 e. The summed E-state index contributed by atoms with van der Waals surface area (Å²) in [5.41, 5.74) is 0. The molecule has 3 nitrogen and oxygen atoms in total. The molecule has 0 amide bonds. The largest absolute Gasteiger partial charge is 0.395 e. The Kier molecular flexibility index (Phi) is 7.23. The SMILES string of the molecule is CCCCCC(O)C(CO)N(C)C. The van der Waals surface area contributed by atoms with E-state index in [1.165, 1.54) is 6.42 Å². The summed E-state index contributed by atoms with van der Waals surface area (Å²) in [6.07, 6.45) is 3.76. The van der Waals surface area contributed by atoms with Crippen LogP contribution in [-0.2, 0) is 0 Å². The lowest BCUT2D eigenvalue weighted by molar-refractivity contribution is 0.0334. The highest BCUT2D eigenvalue weighted by atomic mass is 16.3. The van der Waals surface area contributed by atoms with Crippen molar-refractivity contribution >= 4 is 0 Å². The molecule has 0 spiro atoms. The van der Waals surface area contributed by atoms with Crippen LogP contribution in [0.2, 0.25) is 0 Å². The molecule has 3 heteroatoms. The molecule has 0 bridgehead atoms. The van der Waals surface area contributed by atoms with E-state index in [1.54, 1.807) is 0 Å². The Hall–Kier alpha value is -0.120. The highest BCUT2D eigenvalue weighted by molar-refractivity contribution is 4.74. The molecule has 13 heavy (non-hydrogen) atoms. The molecule has 0 saturated carbocycles. The number of rotatable bonds is 7. The molecule has 2 atom stereocenters. The maximum atomic E-state index is 9.70. The molecular formula is C10H23NO2. The van der Waals surface area contributed by atoms with Crippen LogP contribution >= 0.6 is 0 Å². The summed E-state index contributed by atoms with van der Waals surface area (Å²) < 4.78 is 0. The summed E-state index contributed by atoms with van der Waals surface area (Å²) >= 11 is 0. The molecule has 0 aliphatic heterocycles. The van der Waals surface area contributed by atoms with Gasteiger partial charge in [-0.1, -0.05) is 26.2 Å². The Morgan fingerprint density at radius 1 is 1.23 bits per heavy atom. The molecule has 0 radical (unpaired) electrons. The summed E-state index contributed by atoms with van der Waals surface area (Å²) in [6.45, 7) is 2.17. The number of unbranched alkanes of at least 4 members (excludes halogenated alkanes) is 2. The predicted octanol–water partition coefficient (Wildman–Crippen LogP) is 0.850. The number of aliphatic hydroxyl groups is 2. The van der Waals surface area contributed by atoms with Gasteiger partial charge in [-0.05, 0) is 20.5 Å². The normalized spacial score (nSPS) is 16.2. The third-order valence-electron chi connectivity index (χ3n) is 2.40. The van der Waals surface area contributed by atoms with E-state index in [1.807, 2.05) is 19.0 Å². The Balaban J connectivity index is 3.70. The van der Waals surface area contributed by atoms with E-state index < -0.39 is 6.10 Å². The summed E-state index contributed by atoms with van der Waals surface area (Å²) in [4.78, 5) is 1.87. The molecule has 0 heterocycles. The van der Waals surface area contributed by atoms with E-state index in [4.69, 9.17) is 5.11 Å². The second kappa shape index (κ2) is 7.30. The third kappa shape index (κ3) is 5.24. The van der Waals surface area contributed by atoms with E-state index in [0.717, 1.165) is 19.3 Å². The van der Waals surface area contributed by atoms with Crippen LogP contribution in [0.5, 0.6) is 0 Å². The first-order valence-corrected chi connectivity index (χ1v) is 5.08. The van der Waals surface area contributed by atoms with Crippen LogP contribution in [0.3, 0.4) is 0 Å². The van der Waals surface area contributed by atoms with E-state index in [9.17, 15) is 5.11 Å². The predicted molar refractivity (Wildman–Crippen MR) is 54.7 cm³/mol. The topological polar surface area (TPSA) is 43.7 Å². The lowest BCUT2D eigenvalue weighted by Crippen LogP contribution is -2.41. The third-order valence-corrected chi connectivity index (χ3v) is 2.40.